The number of fused-ring (bicyclic) bond motifs is 1. The van der Waals surface area contributed by atoms with Crippen LogP contribution in [0.3, 0.4) is 0 Å². The monoisotopic (exact) mass is 341 g/mol. The van der Waals surface area contributed by atoms with E-state index in [-0.39, 0.29) is 11.9 Å². The molecule has 0 saturated carbocycles. The van der Waals surface area contributed by atoms with Crippen molar-refractivity contribution in [3.63, 3.8) is 0 Å². The Morgan fingerprint density at radius 3 is 2.72 bits per heavy atom. The molecule has 3 rings (SSSR count). The van der Waals surface area contributed by atoms with Crippen molar-refractivity contribution in [2.45, 2.75) is 33.7 Å². The predicted octanol–water partition coefficient (Wildman–Crippen LogP) is 3.55. The topological polar surface area (TPSA) is 69.3 Å². The van der Waals surface area contributed by atoms with Gasteiger partial charge >= 0.3 is 0 Å². The number of rotatable bonds is 5. The van der Waals surface area contributed by atoms with Crippen LogP contribution in [0.15, 0.2) is 28.7 Å². The van der Waals surface area contributed by atoms with Gasteiger partial charge in [0, 0.05) is 29.3 Å². The molecule has 6 nitrogen and oxygen atoms in total. The van der Waals surface area contributed by atoms with Gasteiger partial charge < -0.3 is 14.5 Å². The summed E-state index contributed by atoms with van der Waals surface area (Å²) in [6, 6.07) is 7.63. The van der Waals surface area contributed by atoms with Crippen molar-refractivity contribution in [3.8, 4) is 5.75 Å². The van der Waals surface area contributed by atoms with E-state index in [0.717, 1.165) is 22.3 Å². The summed E-state index contributed by atoms with van der Waals surface area (Å²) in [7, 11) is 1.60. The fraction of sp³-hybridized carbons (Fsp3) is 0.368. The first-order chi connectivity index (χ1) is 11.9. The second kappa shape index (κ2) is 6.63. The van der Waals surface area contributed by atoms with Crippen molar-refractivity contribution in [1.82, 2.24) is 15.1 Å². The molecule has 3 aromatic rings. The summed E-state index contributed by atoms with van der Waals surface area (Å²) >= 11 is 0. The Hall–Kier alpha value is -2.76. The molecule has 25 heavy (non-hydrogen) atoms. The number of ether oxygens (including phenoxy) is 1. The van der Waals surface area contributed by atoms with Gasteiger partial charge in [-0.05, 0) is 45.9 Å². The maximum absolute atomic E-state index is 12.5. The number of nitrogens with one attached hydrogen (secondary N) is 1. The van der Waals surface area contributed by atoms with Crippen LogP contribution >= 0.6 is 0 Å². The molecule has 1 N–H and O–H groups in total. The summed E-state index contributed by atoms with van der Waals surface area (Å²) in [6.07, 6.45) is 0. The summed E-state index contributed by atoms with van der Waals surface area (Å²) in [5.41, 5.74) is 3.52. The number of amides is 1. The van der Waals surface area contributed by atoms with Gasteiger partial charge in [0.1, 0.15) is 11.3 Å². The predicted molar refractivity (Wildman–Crippen MR) is 96.2 cm³/mol. The lowest BCUT2D eigenvalue weighted by Gasteiger charge is -2.14. The number of carbonyl (C=O) groups is 1. The molecule has 0 fully saturated rings. The third-order valence-electron chi connectivity index (χ3n) is 4.37. The van der Waals surface area contributed by atoms with E-state index in [4.69, 9.17) is 9.15 Å². The van der Waals surface area contributed by atoms with E-state index in [1.54, 1.807) is 13.2 Å². The Bertz CT molecular complexity index is 924. The number of methoxy groups -OCH3 is 1. The second-order valence-electron chi connectivity index (χ2n) is 6.35. The minimum absolute atomic E-state index is 0.0578. The van der Waals surface area contributed by atoms with Gasteiger partial charge in [0.15, 0.2) is 5.76 Å². The molecule has 2 heterocycles. The van der Waals surface area contributed by atoms with Crippen LogP contribution in [0.5, 0.6) is 5.75 Å². The zero-order valence-electron chi connectivity index (χ0n) is 15.2. The molecule has 1 amide bonds. The Labute approximate surface area is 146 Å². The van der Waals surface area contributed by atoms with Crippen LogP contribution in [0.25, 0.3) is 11.0 Å². The van der Waals surface area contributed by atoms with Gasteiger partial charge in [0.2, 0.25) is 0 Å². The van der Waals surface area contributed by atoms with Crippen LogP contribution in [-0.4, -0.2) is 29.3 Å². The summed E-state index contributed by atoms with van der Waals surface area (Å²) in [4.78, 5) is 12.5. The van der Waals surface area contributed by atoms with Crippen LogP contribution in [0, 0.1) is 20.8 Å². The first-order valence-corrected chi connectivity index (χ1v) is 8.28. The zero-order valence-corrected chi connectivity index (χ0v) is 15.2. The highest BCUT2D eigenvalue weighted by atomic mass is 16.5. The molecule has 0 aliphatic rings. The molecule has 1 atom stereocenters. The van der Waals surface area contributed by atoms with Gasteiger partial charge in [-0.1, -0.05) is 0 Å². The molecule has 132 valence electrons. The quantitative estimate of drug-likeness (QED) is 0.770. The summed E-state index contributed by atoms with van der Waals surface area (Å²) < 4.78 is 12.9. The van der Waals surface area contributed by atoms with Crippen LogP contribution in [0.1, 0.15) is 40.5 Å². The molecule has 0 radical (unpaired) electrons. The van der Waals surface area contributed by atoms with Gasteiger partial charge in [0.05, 0.1) is 18.8 Å². The van der Waals surface area contributed by atoms with Gasteiger partial charge in [-0.2, -0.15) is 5.10 Å². The van der Waals surface area contributed by atoms with E-state index in [1.807, 2.05) is 50.6 Å². The summed E-state index contributed by atoms with van der Waals surface area (Å²) in [6.45, 7) is 8.35. The third kappa shape index (κ3) is 3.24. The second-order valence-corrected chi connectivity index (χ2v) is 6.35. The Kier molecular flexibility index (Phi) is 4.53. The lowest BCUT2D eigenvalue weighted by Crippen LogP contribution is -2.30. The van der Waals surface area contributed by atoms with Crippen molar-refractivity contribution < 1.29 is 13.9 Å². The fourth-order valence-corrected chi connectivity index (χ4v) is 3.05. The van der Waals surface area contributed by atoms with E-state index in [1.165, 1.54) is 0 Å². The molecular formula is C19H23N3O3. The number of nitrogens with zero attached hydrogens (tertiary/aromatic N) is 2. The average Bonchev–Trinajstić information content (AvgIpc) is 3.11. The first kappa shape index (κ1) is 17.1. The number of furan rings is 1. The number of aromatic nitrogens is 2. The molecule has 0 aliphatic heterocycles. The fourth-order valence-electron chi connectivity index (χ4n) is 3.05. The number of carbonyl (C=O) groups excluding carboxylic acids is 1. The van der Waals surface area contributed by atoms with Crippen LogP contribution in [0.4, 0.5) is 0 Å². The largest absolute Gasteiger partial charge is 0.497 e. The van der Waals surface area contributed by atoms with Crippen molar-refractivity contribution in [1.29, 1.82) is 0 Å². The van der Waals surface area contributed by atoms with Gasteiger partial charge in [0.25, 0.3) is 5.91 Å². The minimum Gasteiger partial charge on any atom is -0.497 e. The molecule has 0 saturated heterocycles. The molecule has 2 aromatic heterocycles. The standard InChI is InChI=1S/C19H23N3O3/c1-11-8-12(2)22(21-11)13(3)10-20-19(23)18-14(4)16-7-6-15(24-5)9-17(16)25-18/h6-9,13H,10H2,1-5H3,(H,20,23). The molecule has 1 unspecified atom stereocenters. The maximum Gasteiger partial charge on any atom is 0.287 e. The molecule has 6 heteroatoms. The highest BCUT2D eigenvalue weighted by Gasteiger charge is 2.19. The van der Waals surface area contributed by atoms with Gasteiger partial charge in [-0.15, -0.1) is 0 Å². The number of aryl methyl sites for hydroxylation is 3. The number of hydrogen-bond donors (Lipinski definition) is 1. The van der Waals surface area contributed by atoms with E-state index >= 15 is 0 Å². The van der Waals surface area contributed by atoms with E-state index in [0.29, 0.717) is 23.6 Å². The summed E-state index contributed by atoms with van der Waals surface area (Å²) in [5.74, 6) is 0.816. The smallest absolute Gasteiger partial charge is 0.287 e. The van der Waals surface area contributed by atoms with E-state index < -0.39 is 0 Å². The highest BCUT2D eigenvalue weighted by Crippen LogP contribution is 2.28. The minimum atomic E-state index is -0.221. The van der Waals surface area contributed by atoms with Gasteiger partial charge in [-0.3, -0.25) is 9.48 Å². The highest BCUT2D eigenvalue weighted by molar-refractivity contribution is 5.99. The van der Waals surface area contributed by atoms with E-state index in [9.17, 15) is 4.79 Å². The molecule has 0 spiro atoms. The van der Waals surface area contributed by atoms with Crippen molar-refractivity contribution >= 4 is 16.9 Å². The molecule has 0 aliphatic carbocycles. The van der Waals surface area contributed by atoms with Crippen molar-refractivity contribution in [2.75, 3.05) is 13.7 Å². The number of hydrogen-bond acceptors (Lipinski definition) is 4. The average molecular weight is 341 g/mol. The zero-order chi connectivity index (χ0) is 18.1. The van der Waals surface area contributed by atoms with Crippen LogP contribution in [0.2, 0.25) is 0 Å². The van der Waals surface area contributed by atoms with Gasteiger partial charge in [-0.25, -0.2) is 0 Å². The van der Waals surface area contributed by atoms with Crippen LogP contribution in [-0.2, 0) is 0 Å². The van der Waals surface area contributed by atoms with Crippen LogP contribution < -0.4 is 10.1 Å². The Morgan fingerprint density at radius 1 is 1.32 bits per heavy atom. The maximum atomic E-state index is 12.5. The Balaban J connectivity index is 1.76. The SMILES string of the molecule is COc1ccc2c(C)c(C(=O)NCC(C)n3nc(C)cc3C)oc2c1. The lowest BCUT2D eigenvalue weighted by molar-refractivity contribution is 0.0921. The van der Waals surface area contributed by atoms with Crippen molar-refractivity contribution in [2.24, 2.45) is 0 Å². The summed E-state index contributed by atoms with van der Waals surface area (Å²) in [5, 5.41) is 8.31. The normalized spacial score (nSPS) is 12.4. The lowest BCUT2D eigenvalue weighted by atomic mass is 10.1. The third-order valence-corrected chi connectivity index (χ3v) is 4.37. The van der Waals surface area contributed by atoms with E-state index in [2.05, 4.69) is 10.4 Å². The first-order valence-electron chi connectivity index (χ1n) is 8.28. The molecule has 1 aromatic carbocycles. The molecule has 0 bridgehead atoms. The van der Waals surface area contributed by atoms with Crippen molar-refractivity contribution in [3.05, 3.63) is 47.0 Å². The molecular weight excluding hydrogens is 318 g/mol. The number of benzene rings is 1. The Morgan fingerprint density at radius 2 is 2.08 bits per heavy atom.